The Morgan fingerprint density at radius 3 is 2.94 bits per heavy atom. The fourth-order valence-electron chi connectivity index (χ4n) is 1.83. The highest BCUT2D eigenvalue weighted by atomic mass is 16.5. The van der Waals surface area contributed by atoms with E-state index in [1.165, 1.54) is 0 Å². The zero-order valence-electron chi connectivity index (χ0n) is 9.52. The summed E-state index contributed by atoms with van der Waals surface area (Å²) < 4.78 is 7.50. The number of aromatic nitrogens is 2. The van der Waals surface area contributed by atoms with Crippen molar-refractivity contribution >= 4 is 11.0 Å². The minimum atomic E-state index is 0.459. The van der Waals surface area contributed by atoms with Crippen molar-refractivity contribution in [2.75, 3.05) is 13.2 Å². The number of benzene rings is 1. The van der Waals surface area contributed by atoms with Crippen molar-refractivity contribution < 1.29 is 4.74 Å². The zero-order valence-corrected chi connectivity index (χ0v) is 9.52. The number of hydrogen-bond donors (Lipinski definition) is 1. The molecule has 0 saturated heterocycles. The van der Waals surface area contributed by atoms with Gasteiger partial charge in [0.1, 0.15) is 5.82 Å². The number of imidazole rings is 1. The van der Waals surface area contributed by atoms with Crippen molar-refractivity contribution in [1.29, 1.82) is 0 Å². The van der Waals surface area contributed by atoms with Crippen LogP contribution in [-0.4, -0.2) is 22.8 Å². The summed E-state index contributed by atoms with van der Waals surface area (Å²) in [5.41, 5.74) is 7.82. The van der Waals surface area contributed by atoms with E-state index in [0.29, 0.717) is 13.2 Å². The largest absolute Gasteiger partial charge is 0.380 e. The van der Waals surface area contributed by atoms with Crippen LogP contribution in [0.4, 0.5) is 0 Å². The molecule has 0 radical (unpaired) electrons. The summed E-state index contributed by atoms with van der Waals surface area (Å²) >= 11 is 0. The van der Waals surface area contributed by atoms with Crippen LogP contribution in [0.2, 0.25) is 0 Å². The van der Waals surface area contributed by atoms with Gasteiger partial charge in [-0.3, -0.25) is 0 Å². The van der Waals surface area contributed by atoms with Gasteiger partial charge in [0.2, 0.25) is 0 Å². The lowest BCUT2D eigenvalue weighted by atomic mass is 10.3. The Kier molecular flexibility index (Phi) is 3.54. The van der Waals surface area contributed by atoms with Crippen molar-refractivity contribution in [3.63, 3.8) is 0 Å². The number of fused-ring (bicyclic) bond motifs is 1. The molecule has 1 aromatic heterocycles. The van der Waals surface area contributed by atoms with E-state index in [2.05, 4.69) is 15.6 Å². The molecule has 0 fully saturated rings. The van der Waals surface area contributed by atoms with Gasteiger partial charge in [0, 0.05) is 13.2 Å². The lowest BCUT2D eigenvalue weighted by Crippen LogP contribution is -2.12. The highest BCUT2D eigenvalue weighted by molar-refractivity contribution is 5.75. The van der Waals surface area contributed by atoms with E-state index in [9.17, 15) is 0 Å². The Morgan fingerprint density at radius 1 is 1.38 bits per heavy atom. The fourth-order valence-corrected chi connectivity index (χ4v) is 1.83. The number of rotatable bonds is 5. The monoisotopic (exact) mass is 219 g/mol. The molecular weight excluding hydrogens is 202 g/mol. The van der Waals surface area contributed by atoms with E-state index in [1.807, 2.05) is 25.1 Å². The molecule has 86 valence electrons. The standard InChI is InChI=1S/C12H17N3O/c1-2-16-8-7-15-11-6-4-3-5-10(11)14-12(15)9-13/h3-6H,2,7-9,13H2,1H3. The first-order chi connectivity index (χ1) is 7.86. The van der Waals surface area contributed by atoms with Crippen LogP contribution in [-0.2, 0) is 17.8 Å². The summed E-state index contributed by atoms with van der Waals surface area (Å²) in [4.78, 5) is 4.49. The molecule has 0 aliphatic carbocycles. The van der Waals surface area contributed by atoms with Crippen LogP contribution < -0.4 is 5.73 Å². The van der Waals surface area contributed by atoms with E-state index < -0.39 is 0 Å². The molecule has 4 heteroatoms. The Bertz CT molecular complexity index is 464. The van der Waals surface area contributed by atoms with Gasteiger partial charge in [-0.2, -0.15) is 0 Å². The Hall–Kier alpha value is -1.39. The maximum absolute atomic E-state index is 5.69. The van der Waals surface area contributed by atoms with Crippen LogP contribution in [0.5, 0.6) is 0 Å². The highest BCUT2D eigenvalue weighted by Crippen LogP contribution is 2.15. The third-order valence-electron chi connectivity index (χ3n) is 2.58. The molecule has 0 aliphatic rings. The van der Waals surface area contributed by atoms with Crippen molar-refractivity contribution in [2.45, 2.75) is 20.0 Å². The fraction of sp³-hybridized carbons (Fsp3) is 0.417. The summed E-state index contributed by atoms with van der Waals surface area (Å²) in [7, 11) is 0. The van der Waals surface area contributed by atoms with Gasteiger partial charge in [0.05, 0.1) is 24.2 Å². The minimum Gasteiger partial charge on any atom is -0.380 e. The number of nitrogens with zero attached hydrogens (tertiary/aromatic N) is 2. The molecule has 0 aliphatic heterocycles. The molecule has 1 heterocycles. The normalized spacial score (nSPS) is 11.1. The van der Waals surface area contributed by atoms with Crippen LogP contribution in [0.25, 0.3) is 11.0 Å². The average molecular weight is 219 g/mol. The smallest absolute Gasteiger partial charge is 0.123 e. The van der Waals surface area contributed by atoms with Gasteiger partial charge in [-0.25, -0.2) is 4.98 Å². The van der Waals surface area contributed by atoms with Crippen molar-refractivity contribution in [3.05, 3.63) is 30.1 Å². The predicted octanol–water partition coefficient (Wildman–Crippen LogP) is 1.53. The Balaban J connectivity index is 2.32. The number of hydrogen-bond acceptors (Lipinski definition) is 3. The van der Waals surface area contributed by atoms with Crippen molar-refractivity contribution in [3.8, 4) is 0 Å². The zero-order chi connectivity index (χ0) is 11.4. The van der Waals surface area contributed by atoms with Gasteiger partial charge in [-0.05, 0) is 19.1 Å². The Morgan fingerprint density at radius 2 is 2.19 bits per heavy atom. The number of ether oxygens (including phenoxy) is 1. The molecule has 0 amide bonds. The molecule has 0 saturated carbocycles. The third kappa shape index (κ3) is 2.08. The molecule has 0 atom stereocenters. The van der Waals surface area contributed by atoms with Gasteiger partial charge in [0.15, 0.2) is 0 Å². The van der Waals surface area contributed by atoms with E-state index in [1.54, 1.807) is 0 Å². The molecule has 2 aromatic rings. The topological polar surface area (TPSA) is 53.1 Å². The molecule has 0 unspecified atom stereocenters. The van der Waals surface area contributed by atoms with Crippen LogP contribution in [0.3, 0.4) is 0 Å². The van der Waals surface area contributed by atoms with Gasteiger partial charge >= 0.3 is 0 Å². The molecule has 4 nitrogen and oxygen atoms in total. The number of para-hydroxylation sites is 2. The summed E-state index contributed by atoms with van der Waals surface area (Å²) in [6.07, 6.45) is 0. The van der Waals surface area contributed by atoms with E-state index in [4.69, 9.17) is 10.5 Å². The molecular formula is C12H17N3O. The molecule has 0 bridgehead atoms. The number of nitrogens with two attached hydrogens (primary N) is 1. The molecule has 16 heavy (non-hydrogen) atoms. The van der Waals surface area contributed by atoms with Crippen LogP contribution in [0.15, 0.2) is 24.3 Å². The van der Waals surface area contributed by atoms with Gasteiger partial charge < -0.3 is 15.0 Å². The van der Waals surface area contributed by atoms with Gasteiger partial charge in [0.25, 0.3) is 0 Å². The van der Waals surface area contributed by atoms with Gasteiger partial charge in [-0.1, -0.05) is 12.1 Å². The predicted molar refractivity (Wildman–Crippen MR) is 64.1 cm³/mol. The second-order valence-electron chi connectivity index (χ2n) is 3.57. The molecule has 2 N–H and O–H groups in total. The first kappa shape index (κ1) is 11.1. The maximum atomic E-state index is 5.69. The quantitative estimate of drug-likeness (QED) is 0.776. The lowest BCUT2D eigenvalue weighted by Gasteiger charge is -2.07. The van der Waals surface area contributed by atoms with Crippen LogP contribution >= 0.6 is 0 Å². The van der Waals surface area contributed by atoms with Crippen LogP contribution in [0.1, 0.15) is 12.7 Å². The first-order valence-electron chi connectivity index (χ1n) is 5.58. The summed E-state index contributed by atoms with van der Waals surface area (Å²) in [5, 5.41) is 0. The minimum absolute atomic E-state index is 0.459. The summed E-state index contributed by atoms with van der Waals surface area (Å²) in [6, 6.07) is 8.07. The second-order valence-corrected chi connectivity index (χ2v) is 3.57. The second kappa shape index (κ2) is 5.09. The maximum Gasteiger partial charge on any atom is 0.123 e. The average Bonchev–Trinajstić information content (AvgIpc) is 2.68. The third-order valence-corrected chi connectivity index (χ3v) is 2.58. The van der Waals surface area contributed by atoms with Crippen molar-refractivity contribution in [1.82, 2.24) is 9.55 Å². The summed E-state index contributed by atoms with van der Waals surface area (Å²) in [6.45, 7) is 4.70. The van der Waals surface area contributed by atoms with Crippen molar-refractivity contribution in [2.24, 2.45) is 5.73 Å². The van der Waals surface area contributed by atoms with E-state index in [-0.39, 0.29) is 0 Å². The SMILES string of the molecule is CCOCCn1c(CN)nc2ccccc21. The van der Waals surface area contributed by atoms with Crippen LogP contribution in [0, 0.1) is 0 Å². The first-order valence-corrected chi connectivity index (χ1v) is 5.58. The van der Waals surface area contributed by atoms with E-state index >= 15 is 0 Å². The summed E-state index contributed by atoms with van der Waals surface area (Å²) in [5.74, 6) is 0.918. The Labute approximate surface area is 95.0 Å². The molecule has 2 rings (SSSR count). The lowest BCUT2D eigenvalue weighted by molar-refractivity contribution is 0.139. The molecule has 1 aromatic carbocycles. The van der Waals surface area contributed by atoms with Gasteiger partial charge in [-0.15, -0.1) is 0 Å². The van der Waals surface area contributed by atoms with E-state index in [0.717, 1.165) is 30.0 Å². The molecule has 0 spiro atoms. The highest BCUT2D eigenvalue weighted by Gasteiger charge is 2.07.